The van der Waals surface area contributed by atoms with Crippen LogP contribution in [0, 0.1) is 5.41 Å². The van der Waals surface area contributed by atoms with E-state index in [1.165, 1.54) is 0 Å². The summed E-state index contributed by atoms with van der Waals surface area (Å²) in [5.41, 5.74) is 4.44. The number of nitrogens with two attached hydrogens (primary N) is 1. The Kier molecular flexibility index (Phi) is 4.69. The Morgan fingerprint density at radius 3 is 2.28 bits per heavy atom. The van der Waals surface area contributed by atoms with Crippen molar-refractivity contribution in [2.45, 2.75) is 51.5 Å². The zero-order chi connectivity index (χ0) is 13.8. The van der Waals surface area contributed by atoms with Crippen LogP contribution >= 0.6 is 0 Å². The topological polar surface area (TPSA) is 109 Å². The summed E-state index contributed by atoms with van der Waals surface area (Å²) in [7, 11) is 0. The first kappa shape index (κ1) is 14.5. The smallest absolute Gasteiger partial charge is 0.326 e. The summed E-state index contributed by atoms with van der Waals surface area (Å²) in [6.07, 6.45) is 4.17. The third kappa shape index (κ3) is 3.72. The van der Waals surface area contributed by atoms with Crippen LogP contribution in [0.1, 0.15) is 45.4 Å². The first-order valence-electron chi connectivity index (χ1n) is 6.17. The second-order valence-electron chi connectivity index (χ2n) is 5.16. The number of aliphatic carboxylic acids is 1. The van der Waals surface area contributed by atoms with Gasteiger partial charge >= 0.3 is 5.97 Å². The van der Waals surface area contributed by atoms with Crippen molar-refractivity contribution in [2.75, 3.05) is 0 Å². The van der Waals surface area contributed by atoms with Crippen LogP contribution in [-0.4, -0.2) is 28.9 Å². The SMILES string of the molecule is CC1(C(=O)N[C@H](CC(N)=O)C(=O)O)CCCCC1. The molecule has 6 heteroatoms. The molecule has 0 aromatic heterocycles. The van der Waals surface area contributed by atoms with E-state index in [4.69, 9.17) is 10.8 Å². The number of nitrogens with one attached hydrogen (secondary N) is 1. The van der Waals surface area contributed by atoms with Gasteiger partial charge in [-0.25, -0.2) is 4.79 Å². The lowest BCUT2D eigenvalue weighted by Crippen LogP contribution is -2.49. The summed E-state index contributed by atoms with van der Waals surface area (Å²) in [6.45, 7) is 1.84. The molecule has 0 saturated heterocycles. The van der Waals surface area contributed by atoms with Crippen molar-refractivity contribution in [3.63, 3.8) is 0 Å². The highest BCUT2D eigenvalue weighted by atomic mass is 16.4. The molecule has 1 saturated carbocycles. The van der Waals surface area contributed by atoms with E-state index in [9.17, 15) is 14.4 Å². The monoisotopic (exact) mass is 256 g/mol. The molecule has 0 aliphatic heterocycles. The van der Waals surface area contributed by atoms with Gasteiger partial charge in [0.15, 0.2) is 0 Å². The van der Waals surface area contributed by atoms with E-state index >= 15 is 0 Å². The molecule has 0 radical (unpaired) electrons. The van der Waals surface area contributed by atoms with E-state index in [1.807, 2.05) is 6.92 Å². The maximum atomic E-state index is 12.1. The van der Waals surface area contributed by atoms with Gasteiger partial charge in [-0.3, -0.25) is 9.59 Å². The number of carbonyl (C=O) groups excluding carboxylic acids is 2. The van der Waals surface area contributed by atoms with Crippen molar-refractivity contribution in [3.05, 3.63) is 0 Å². The highest BCUT2D eigenvalue weighted by Crippen LogP contribution is 2.35. The molecule has 1 aliphatic rings. The number of carboxylic acid groups (broad SMARTS) is 1. The van der Waals surface area contributed by atoms with Crippen molar-refractivity contribution in [1.29, 1.82) is 0 Å². The summed E-state index contributed by atoms with van der Waals surface area (Å²) in [4.78, 5) is 33.8. The van der Waals surface area contributed by atoms with Gasteiger partial charge in [0.05, 0.1) is 6.42 Å². The van der Waals surface area contributed by atoms with Crippen LogP contribution in [-0.2, 0) is 14.4 Å². The average molecular weight is 256 g/mol. The maximum absolute atomic E-state index is 12.1. The molecule has 18 heavy (non-hydrogen) atoms. The van der Waals surface area contributed by atoms with Gasteiger partial charge in [0, 0.05) is 5.41 Å². The molecule has 0 unspecified atom stereocenters. The Hall–Kier alpha value is -1.59. The van der Waals surface area contributed by atoms with Gasteiger partial charge in [-0.2, -0.15) is 0 Å². The fourth-order valence-corrected chi connectivity index (χ4v) is 2.29. The summed E-state index contributed by atoms with van der Waals surface area (Å²) in [5, 5.41) is 11.3. The van der Waals surface area contributed by atoms with Crippen molar-refractivity contribution in [3.8, 4) is 0 Å². The molecule has 1 atom stereocenters. The minimum Gasteiger partial charge on any atom is -0.480 e. The normalized spacial score (nSPS) is 19.8. The maximum Gasteiger partial charge on any atom is 0.326 e. The Bertz CT molecular complexity index is 348. The highest BCUT2D eigenvalue weighted by Gasteiger charge is 2.36. The van der Waals surface area contributed by atoms with Gasteiger partial charge in [-0.15, -0.1) is 0 Å². The zero-order valence-corrected chi connectivity index (χ0v) is 10.6. The van der Waals surface area contributed by atoms with Crippen LogP contribution in [0.2, 0.25) is 0 Å². The molecule has 0 aromatic carbocycles. The number of carbonyl (C=O) groups is 3. The summed E-state index contributed by atoms with van der Waals surface area (Å²) in [5.74, 6) is -2.27. The first-order chi connectivity index (χ1) is 8.35. The predicted molar refractivity (Wildman–Crippen MR) is 64.6 cm³/mol. The third-order valence-electron chi connectivity index (χ3n) is 3.51. The fourth-order valence-electron chi connectivity index (χ4n) is 2.29. The van der Waals surface area contributed by atoms with E-state index in [0.29, 0.717) is 0 Å². The van der Waals surface area contributed by atoms with Crippen LogP contribution in [0.15, 0.2) is 0 Å². The van der Waals surface area contributed by atoms with E-state index in [1.54, 1.807) is 0 Å². The van der Waals surface area contributed by atoms with Crippen LogP contribution in [0.3, 0.4) is 0 Å². The standard InChI is InChI=1S/C12H20N2O4/c1-12(5-3-2-4-6-12)11(18)14-8(10(16)17)7-9(13)15/h8H,2-7H2,1H3,(H2,13,15)(H,14,18)(H,16,17)/t8-/m1/s1. The summed E-state index contributed by atoms with van der Waals surface area (Å²) in [6, 6.07) is -1.23. The van der Waals surface area contributed by atoms with E-state index in [-0.39, 0.29) is 12.3 Å². The Balaban J connectivity index is 2.65. The molecular weight excluding hydrogens is 236 g/mol. The quantitative estimate of drug-likeness (QED) is 0.661. The van der Waals surface area contributed by atoms with E-state index < -0.39 is 23.3 Å². The Morgan fingerprint density at radius 2 is 1.83 bits per heavy atom. The largest absolute Gasteiger partial charge is 0.480 e. The lowest BCUT2D eigenvalue weighted by atomic mass is 9.75. The molecule has 1 rings (SSSR count). The van der Waals surface area contributed by atoms with Crippen molar-refractivity contribution in [2.24, 2.45) is 11.1 Å². The van der Waals surface area contributed by atoms with Crippen molar-refractivity contribution in [1.82, 2.24) is 5.32 Å². The fraction of sp³-hybridized carbons (Fsp3) is 0.750. The lowest BCUT2D eigenvalue weighted by Gasteiger charge is -2.33. The van der Waals surface area contributed by atoms with Crippen LogP contribution < -0.4 is 11.1 Å². The second kappa shape index (κ2) is 5.84. The number of carboxylic acids is 1. The summed E-state index contributed by atoms with van der Waals surface area (Å²) >= 11 is 0. The van der Waals surface area contributed by atoms with Crippen molar-refractivity contribution >= 4 is 17.8 Å². The van der Waals surface area contributed by atoms with E-state index in [0.717, 1.165) is 32.1 Å². The molecule has 1 aliphatic carbocycles. The van der Waals surface area contributed by atoms with Gasteiger partial charge in [0.1, 0.15) is 6.04 Å². The number of amides is 2. The minimum absolute atomic E-state index is 0.296. The number of rotatable bonds is 5. The predicted octanol–water partition coefficient (Wildman–Crippen LogP) is 0.402. The molecule has 102 valence electrons. The summed E-state index contributed by atoms with van der Waals surface area (Å²) < 4.78 is 0. The molecule has 4 N–H and O–H groups in total. The van der Waals surface area contributed by atoms with Gasteiger partial charge in [-0.05, 0) is 12.8 Å². The molecule has 0 aromatic rings. The minimum atomic E-state index is -1.23. The zero-order valence-electron chi connectivity index (χ0n) is 10.6. The molecule has 2 amide bonds. The van der Waals surface area contributed by atoms with Crippen LogP contribution in [0.5, 0.6) is 0 Å². The third-order valence-corrected chi connectivity index (χ3v) is 3.51. The number of primary amides is 1. The molecule has 1 fully saturated rings. The number of hydrogen-bond acceptors (Lipinski definition) is 3. The number of hydrogen-bond donors (Lipinski definition) is 3. The molecule has 0 bridgehead atoms. The average Bonchev–Trinajstić information content (AvgIpc) is 2.28. The Morgan fingerprint density at radius 1 is 1.28 bits per heavy atom. The van der Waals surface area contributed by atoms with Crippen LogP contribution in [0.25, 0.3) is 0 Å². The molecule has 6 nitrogen and oxygen atoms in total. The second-order valence-corrected chi connectivity index (χ2v) is 5.16. The van der Waals surface area contributed by atoms with Gasteiger partial charge in [0.25, 0.3) is 0 Å². The van der Waals surface area contributed by atoms with Gasteiger partial charge < -0.3 is 16.2 Å². The van der Waals surface area contributed by atoms with Crippen molar-refractivity contribution < 1.29 is 19.5 Å². The van der Waals surface area contributed by atoms with E-state index in [2.05, 4.69) is 5.32 Å². The lowest BCUT2D eigenvalue weighted by molar-refractivity contribution is -0.145. The van der Waals surface area contributed by atoms with Gasteiger partial charge in [-0.1, -0.05) is 26.2 Å². The molecular formula is C12H20N2O4. The van der Waals surface area contributed by atoms with Gasteiger partial charge in [0.2, 0.25) is 11.8 Å². The molecule has 0 heterocycles. The van der Waals surface area contributed by atoms with Crippen LogP contribution in [0.4, 0.5) is 0 Å². The highest BCUT2D eigenvalue weighted by molar-refractivity contribution is 5.90. The Labute approximate surface area is 106 Å². The molecule has 0 spiro atoms. The first-order valence-corrected chi connectivity index (χ1v) is 6.17.